The molecule has 4 nitrogen and oxygen atoms in total. The Morgan fingerprint density at radius 2 is 2.44 bits per heavy atom. The predicted octanol–water partition coefficient (Wildman–Crippen LogP) is 1.77. The molecule has 1 unspecified atom stereocenters. The van der Waals surface area contributed by atoms with E-state index in [1.54, 1.807) is 7.11 Å². The monoisotopic (exact) mass is 217 g/mol. The van der Waals surface area contributed by atoms with Gasteiger partial charge in [-0.05, 0) is 31.5 Å². The molecule has 1 saturated heterocycles. The highest BCUT2D eigenvalue weighted by Gasteiger charge is 2.20. The van der Waals surface area contributed by atoms with Crippen LogP contribution in [0.1, 0.15) is 24.7 Å². The minimum Gasteiger partial charge on any atom is -0.495 e. The SMILES string of the molecule is COc1ccc2cnc(C3CCCN3)n2c1. The molecule has 1 fully saturated rings. The third kappa shape index (κ3) is 1.46. The van der Waals surface area contributed by atoms with Crippen LogP contribution in [0.3, 0.4) is 0 Å². The van der Waals surface area contributed by atoms with Crippen molar-refractivity contribution in [3.05, 3.63) is 30.4 Å². The highest BCUT2D eigenvalue weighted by molar-refractivity contribution is 5.48. The van der Waals surface area contributed by atoms with Crippen molar-refractivity contribution in [2.45, 2.75) is 18.9 Å². The zero-order valence-electron chi connectivity index (χ0n) is 9.31. The van der Waals surface area contributed by atoms with Crippen molar-refractivity contribution in [1.82, 2.24) is 14.7 Å². The number of ether oxygens (including phenoxy) is 1. The molecule has 4 heteroatoms. The second kappa shape index (κ2) is 3.79. The maximum absolute atomic E-state index is 5.24. The average molecular weight is 217 g/mol. The van der Waals surface area contributed by atoms with Crippen LogP contribution in [-0.4, -0.2) is 23.0 Å². The first-order valence-electron chi connectivity index (χ1n) is 5.63. The number of rotatable bonds is 2. The molecule has 2 aromatic heterocycles. The van der Waals surface area contributed by atoms with E-state index in [9.17, 15) is 0 Å². The third-order valence-electron chi connectivity index (χ3n) is 3.14. The van der Waals surface area contributed by atoms with E-state index in [-0.39, 0.29) is 0 Å². The fraction of sp³-hybridized carbons (Fsp3) is 0.417. The molecule has 0 spiro atoms. The number of nitrogens with zero attached hydrogens (tertiary/aromatic N) is 2. The summed E-state index contributed by atoms with van der Waals surface area (Å²) < 4.78 is 7.35. The summed E-state index contributed by atoms with van der Waals surface area (Å²) >= 11 is 0. The first-order chi connectivity index (χ1) is 7.88. The molecule has 1 aliphatic rings. The van der Waals surface area contributed by atoms with Gasteiger partial charge in [-0.3, -0.25) is 4.40 Å². The summed E-state index contributed by atoms with van der Waals surface area (Å²) in [4.78, 5) is 4.50. The van der Waals surface area contributed by atoms with Gasteiger partial charge in [-0.15, -0.1) is 0 Å². The highest BCUT2D eigenvalue weighted by atomic mass is 16.5. The van der Waals surface area contributed by atoms with Gasteiger partial charge in [0.15, 0.2) is 0 Å². The Bertz CT molecular complexity index is 500. The van der Waals surface area contributed by atoms with Crippen LogP contribution in [0.15, 0.2) is 24.5 Å². The lowest BCUT2D eigenvalue weighted by Crippen LogP contribution is -2.15. The number of nitrogens with one attached hydrogen (secondary N) is 1. The topological polar surface area (TPSA) is 38.6 Å². The molecule has 0 radical (unpaired) electrons. The molecule has 16 heavy (non-hydrogen) atoms. The molecule has 0 aromatic carbocycles. The van der Waals surface area contributed by atoms with Crippen molar-refractivity contribution in [1.29, 1.82) is 0 Å². The molecule has 1 atom stereocenters. The lowest BCUT2D eigenvalue weighted by atomic mass is 10.2. The van der Waals surface area contributed by atoms with Crippen LogP contribution in [0.2, 0.25) is 0 Å². The van der Waals surface area contributed by atoms with Crippen molar-refractivity contribution >= 4 is 5.52 Å². The maximum Gasteiger partial charge on any atom is 0.135 e. The van der Waals surface area contributed by atoms with Crippen molar-refractivity contribution in [2.24, 2.45) is 0 Å². The number of fused-ring (bicyclic) bond motifs is 1. The highest BCUT2D eigenvalue weighted by Crippen LogP contribution is 2.24. The van der Waals surface area contributed by atoms with Gasteiger partial charge in [0.2, 0.25) is 0 Å². The molecule has 2 aromatic rings. The predicted molar refractivity (Wildman–Crippen MR) is 61.7 cm³/mol. The zero-order valence-corrected chi connectivity index (χ0v) is 9.31. The summed E-state index contributed by atoms with van der Waals surface area (Å²) in [6.45, 7) is 1.09. The summed E-state index contributed by atoms with van der Waals surface area (Å²) in [7, 11) is 1.69. The zero-order chi connectivity index (χ0) is 11.0. The second-order valence-electron chi connectivity index (χ2n) is 4.13. The van der Waals surface area contributed by atoms with Gasteiger partial charge in [0.05, 0.1) is 31.1 Å². The quantitative estimate of drug-likeness (QED) is 0.833. The molecule has 3 heterocycles. The van der Waals surface area contributed by atoms with E-state index in [0.717, 1.165) is 30.1 Å². The maximum atomic E-state index is 5.24. The van der Waals surface area contributed by atoms with Crippen LogP contribution in [0.5, 0.6) is 5.75 Å². The number of pyridine rings is 1. The summed E-state index contributed by atoms with van der Waals surface area (Å²) in [5, 5.41) is 3.46. The molecular formula is C12H15N3O. The second-order valence-corrected chi connectivity index (χ2v) is 4.13. The number of methoxy groups -OCH3 is 1. The number of aromatic nitrogens is 2. The average Bonchev–Trinajstić information content (AvgIpc) is 2.96. The molecule has 0 amide bonds. The Morgan fingerprint density at radius 3 is 3.19 bits per heavy atom. The van der Waals surface area contributed by atoms with Crippen LogP contribution in [0, 0.1) is 0 Å². The van der Waals surface area contributed by atoms with Gasteiger partial charge in [0, 0.05) is 0 Å². The van der Waals surface area contributed by atoms with E-state index in [4.69, 9.17) is 4.74 Å². The molecule has 0 aliphatic carbocycles. The van der Waals surface area contributed by atoms with Crippen molar-refractivity contribution < 1.29 is 4.74 Å². The van der Waals surface area contributed by atoms with Gasteiger partial charge in [-0.25, -0.2) is 4.98 Å². The largest absolute Gasteiger partial charge is 0.495 e. The number of imidazole rings is 1. The van der Waals surface area contributed by atoms with Gasteiger partial charge in [0.25, 0.3) is 0 Å². The minimum atomic E-state index is 0.384. The Hall–Kier alpha value is -1.55. The lowest BCUT2D eigenvalue weighted by Gasteiger charge is -2.09. The van der Waals surface area contributed by atoms with Gasteiger partial charge < -0.3 is 10.1 Å². The van der Waals surface area contributed by atoms with Crippen LogP contribution in [0.25, 0.3) is 5.52 Å². The van der Waals surface area contributed by atoms with Gasteiger partial charge in [0.1, 0.15) is 11.6 Å². The molecule has 1 N–H and O–H groups in total. The van der Waals surface area contributed by atoms with E-state index in [0.29, 0.717) is 6.04 Å². The fourth-order valence-electron chi connectivity index (χ4n) is 2.27. The summed E-state index contributed by atoms with van der Waals surface area (Å²) in [6.07, 6.45) is 6.30. The number of hydrogen-bond acceptors (Lipinski definition) is 3. The van der Waals surface area contributed by atoms with E-state index in [1.165, 1.54) is 6.42 Å². The van der Waals surface area contributed by atoms with Crippen LogP contribution in [-0.2, 0) is 0 Å². The standard InChI is InChI=1S/C12H15N3O/c1-16-10-5-4-9-7-14-12(15(9)8-10)11-3-2-6-13-11/h4-5,7-8,11,13H,2-3,6H2,1H3. The van der Waals surface area contributed by atoms with Gasteiger partial charge in [-0.1, -0.05) is 0 Å². The van der Waals surface area contributed by atoms with Crippen LogP contribution < -0.4 is 10.1 Å². The Balaban J connectivity index is 2.09. The summed E-state index contributed by atoms with van der Waals surface area (Å²) in [5.41, 5.74) is 1.12. The Morgan fingerprint density at radius 1 is 1.50 bits per heavy atom. The Labute approximate surface area is 94.3 Å². The molecule has 0 bridgehead atoms. The first-order valence-corrected chi connectivity index (χ1v) is 5.63. The molecular weight excluding hydrogens is 202 g/mol. The normalized spacial score (nSPS) is 20.4. The van der Waals surface area contributed by atoms with Gasteiger partial charge >= 0.3 is 0 Å². The molecule has 1 aliphatic heterocycles. The van der Waals surface area contributed by atoms with Crippen molar-refractivity contribution in [3.63, 3.8) is 0 Å². The van der Waals surface area contributed by atoms with E-state index in [2.05, 4.69) is 14.7 Å². The molecule has 84 valence electrons. The smallest absolute Gasteiger partial charge is 0.135 e. The van der Waals surface area contributed by atoms with Crippen LogP contribution in [0.4, 0.5) is 0 Å². The minimum absolute atomic E-state index is 0.384. The van der Waals surface area contributed by atoms with E-state index in [1.807, 2.05) is 24.5 Å². The van der Waals surface area contributed by atoms with Gasteiger partial charge in [-0.2, -0.15) is 0 Å². The molecule has 0 saturated carbocycles. The first kappa shape index (κ1) is 9.66. The van der Waals surface area contributed by atoms with Crippen molar-refractivity contribution in [2.75, 3.05) is 13.7 Å². The van der Waals surface area contributed by atoms with Crippen LogP contribution >= 0.6 is 0 Å². The summed E-state index contributed by atoms with van der Waals surface area (Å²) in [5.74, 6) is 1.95. The fourth-order valence-corrected chi connectivity index (χ4v) is 2.27. The van der Waals surface area contributed by atoms with Crippen molar-refractivity contribution in [3.8, 4) is 5.75 Å². The third-order valence-corrected chi connectivity index (χ3v) is 3.14. The van der Waals surface area contributed by atoms with E-state index < -0.39 is 0 Å². The molecule has 3 rings (SSSR count). The Kier molecular flexibility index (Phi) is 2.29. The number of hydrogen-bond donors (Lipinski definition) is 1. The lowest BCUT2D eigenvalue weighted by molar-refractivity contribution is 0.412. The van der Waals surface area contributed by atoms with E-state index >= 15 is 0 Å². The summed E-state index contributed by atoms with van der Waals surface area (Å²) in [6, 6.07) is 4.38.